The zero-order chi connectivity index (χ0) is 16.5. The Morgan fingerprint density at radius 3 is 2.88 bits per heavy atom. The number of pyridine rings is 1. The van der Waals surface area contributed by atoms with Crippen molar-refractivity contribution in [1.82, 2.24) is 19.9 Å². The van der Waals surface area contributed by atoms with E-state index >= 15 is 0 Å². The van der Waals surface area contributed by atoms with E-state index < -0.39 is 0 Å². The van der Waals surface area contributed by atoms with Crippen LogP contribution in [-0.4, -0.2) is 27.0 Å². The number of rotatable bonds is 5. The maximum absolute atomic E-state index is 12.9. The largest absolute Gasteiger partial charge is 0.355 e. The topological polar surface area (TPSA) is 59.3 Å². The number of benzene rings is 1. The second kappa shape index (κ2) is 6.03. The van der Waals surface area contributed by atoms with Gasteiger partial charge in [0.2, 0.25) is 5.91 Å². The molecule has 5 nitrogen and oxygen atoms in total. The number of hydrogen-bond acceptors (Lipinski definition) is 3. The summed E-state index contributed by atoms with van der Waals surface area (Å²) in [6, 6.07) is 12.1. The first-order chi connectivity index (χ1) is 11.7. The van der Waals surface area contributed by atoms with Gasteiger partial charge in [0, 0.05) is 25.1 Å². The van der Waals surface area contributed by atoms with Crippen molar-refractivity contribution in [1.29, 1.82) is 0 Å². The predicted octanol–water partition coefficient (Wildman–Crippen LogP) is 2.33. The molecule has 6 heteroatoms. The molecule has 0 bridgehead atoms. The highest BCUT2D eigenvalue weighted by Crippen LogP contribution is 2.47. The molecule has 4 rings (SSSR count). The first kappa shape index (κ1) is 14.8. The Morgan fingerprint density at radius 2 is 2.04 bits per heavy atom. The van der Waals surface area contributed by atoms with Crippen molar-refractivity contribution in [2.24, 2.45) is 5.92 Å². The highest BCUT2D eigenvalue weighted by atomic mass is 19.1. The Morgan fingerprint density at radius 1 is 1.21 bits per heavy atom. The van der Waals surface area contributed by atoms with Gasteiger partial charge < -0.3 is 5.32 Å². The third-order valence-corrected chi connectivity index (χ3v) is 4.46. The fourth-order valence-corrected chi connectivity index (χ4v) is 3.05. The molecule has 1 saturated carbocycles. The standard InChI is InChI=1S/C18H17FN4O/c19-13-6-4-12(5-7-13)14-11-15(14)18(24)20-9-8-17-22-21-16-3-1-2-10-23(16)17/h1-7,10,14-15H,8-9,11H2,(H,20,24). The van der Waals surface area contributed by atoms with E-state index in [-0.39, 0.29) is 23.6 Å². The molecule has 0 saturated heterocycles. The first-order valence-corrected chi connectivity index (χ1v) is 8.04. The van der Waals surface area contributed by atoms with Gasteiger partial charge >= 0.3 is 0 Å². The molecular weight excluding hydrogens is 307 g/mol. The minimum absolute atomic E-state index is 0.00870. The molecule has 122 valence electrons. The second-order valence-electron chi connectivity index (χ2n) is 6.09. The van der Waals surface area contributed by atoms with Crippen LogP contribution in [0.2, 0.25) is 0 Å². The molecule has 1 fully saturated rings. The van der Waals surface area contributed by atoms with Crippen molar-refractivity contribution in [2.75, 3.05) is 6.54 Å². The molecule has 24 heavy (non-hydrogen) atoms. The minimum Gasteiger partial charge on any atom is -0.355 e. The Labute approximate surface area is 138 Å². The Kier molecular flexibility index (Phi) is 3.72. The monoisotopic (exact) mass is 324 g/mol. The first-order valence-electron chi connectivity index (χ1n) is 8.04. The van der Waals surface area contributed by atoms with Gasteiger partial charge in [-0.1, -0.05) is 18.2 Å². The summed E-state index contributed by atoms with van der Waals surface area (Å²) in [7, 11) is 0. The van der Waals surface area contributed by atoms with Crippen LogP contribution in [0.3, 0.4) is 0 Å². The zero-order valence-electron chi connectivity index (χ0n) is 13.0. The van der Waals surface area contributed by atoms with Crippen LogP contribution in [0.5, 0.6) is 0 Å². The Hall–Kier alpha value is -2.76. The van der Waals surface area contributed by atoms with Crippen LogP contribution in [0.1, 0.15) is 23.7 Å². The summed E-state index contributed by atoms with van der Waals surface area (Å²) in [5, 5.41) is 11.2. The van der Waals surface area contributed by atoms with E-state index in [1.165, 1.54) is 12.1 Å². The molecule has 1 aliphatic carbocycles. The van der Waals surface area contributed by atoms with E-state index in [0.29, 0.717) is 13.0 Å². The van der Waals surface area contributed by atoms with E-state index in [4.69, 9.17) is 0 Å². The van der Waals surface area contributed by atoms with Crippen molar-refractivity contribution in [2.45, 2.75) is 18.8 Å². The highest BCUT2D eigenvalue weighted by Gasteiger charge is 2.43. The third kappa shape index (κ3) is 2.87. The van der Waals surface area contributed by atoms with Gasteiger partial charge in [0.1, 0.15) is 11.6 Å². The van der Waals surface area contributed by atoms with Gasteiger partial charge in [0.15, 0.2) is 5.65 Å². The number of amides is 1. The van der Waals surface area contributed by atoms with Gasteiger partial charge in [-0.25, -0.2) is 4.39 Å². The van der Waals surface area contributed by atoms with Gasteiger partial charge in [-0.05, 0) is 42.2 Å². The number of carbonyl (C=O) groups excluding carboxylic acids is 1. The van der Waals surface area contributed by atoms with Gasteiger partial charge in [-0.2, -0.15) is 0 Å². The van der Waals surface area contributed by atoms with Crippen LogP contribution >= 0.6 is 0 Å². The number of nitrogens with one attached hydrogen (secondary N) is 1. The molecule has 0 aliphatic heterocycles. The summed E-state index contributed by atoms with van der Waals surface area (Å²) in [6.45, 7) is 0.529. The zero-order valence-corrected chi connectivity index (χ0v) is 13.0. The molecule has 1 N–H and O–H groups in total. The van der Waals surface area contributed by atoms with Gasteiger partial charge in [0.05, 0.1) is 0 Å². The van der Waals surface area contributed by atoms with Crippen LogP contribution in [0.4, 0.5) is 4.39 Å². The van der Waals surface area contributed by atoms with Crippen LogP contribution in [-0.2, 0) is 11.2 Å². The van der Waals surface area contributed by atoms with Crippen molar-refractivity contribution >= 4 is 11.6 Å². The fourth-order valence-electron chi connectivity index (χ4n) is 3.05. The average Bonchev–Trinajstić information content (AvgIpc) is 3.30. The van der Waals surface area contributed by atoms with Crippen LogP contribution in [0, 0.1) is 11.7 Å². The van der Waals surface area contributed by atoms with Gasteiger partial charge in [0.25, 0.3) is 0 Å². The molecule has 2 atom stereocenters. The number of hydrogen-bond donors (Lipinski definition) is 1. The summed E-state index contributed by atoms with van der Waals surface area (Å²) in [5.41, 5.74) is 1.83. The minimum atomic E-state index is -0.249. The van der Waals surface area contributed by atoms with Crippen LogP contribution in [0.25, 0.3) is 5.65 Å². The molecular formula is C18H17FN4O. The van der Waals surface area contributed by atoms with Crippen molar-refractivity contribution in [3.8, 4) is 0 Å². The lowest BCUT2D eigenvalue weighted by atomic mass is 10.1. The van der Waals surface area contributed by atoms with Crippen molar-refractivity contribution in [3.63, 3.8) is 0 Å². The predicted molar refractivity (Wildman–Crippen MR) is 86.9 cm³/mol. The molecule has 1 amide bonds. The maximum atomic E-state index is 12.9. The van der Waals surface area contributed by atoms with E-state index in [1.54, 1.807) is 12.1 Å². The van der Waals surface area contributed by atoms with Gasteiger partial charge in [-0.15, -0.1) is 10.2 Å². The van der Waals surface area contributed by atoms with Crippen molar-refractivity contribution < 1.29 is 9.18 Å². The highest BCUT2D eigenvalue weighted by molar-refractivity contribution is 5.82. The van der Waals surface area contributed by atoms with E-state index in [0.717, 1.165) is 23.5 Å². The SMILES string of the molecule is O=C(NCCc1nnc2ccccn12)C1CC1c1ccc(F)cc1. The summed E-state index contributed by atoms with van der Waals surface area (Å²) >= 11 is 0. The maximum Gasteiger partial charge on any atom is 0.223 e. The number of fused-ring (bicyclic) bond motifs is 1. The quantitative estimate of drug-likeness (QED) is 0.783. The summed E-state index contributed by atoms with van der Waals surface area (Å²) in [5.74, 6) is 0.834. The van der Waals surface area contributed by atoms with E-state index in [9.17, 15) is 9.18 Å². The Bertz CT molecular complexity index is 874. The van der Waals surface area contributed by atoms with Gasteiger partial charge in [-0.3, -0.25) is 9.20 Å². The van der Waals surface area contributed by atoms with E-state index in [1.807, 2.05) is 28.8 Å². The molecule has 0 radical (unpaired) electrons. The molecule has 2 unspecified atom stereocenters. The summed E-state index contributed by atoms with van der Waals surface area (Å²) in [6.07, 6.45) is 3.37. The summed E-state index contributed by atoms with van der Waals surface area (Å²) < 4.78 is 14.9. The lowest BCUT2D eigenvalue weighted by Crippen LogP contribution is -2.28. The van der Waals surface area contributed by atoms with Crippen LogP contribution < -0.4 is 5.32 Å². The number of nitrogens with zero attached hydrogens (tertiary/aromatic N) is 3. The number of halogens is 1. The number of carbonyl (C=O) groups is 1. The fraction of sp³-hybridized carbons (Fsp3) is 0.278. The lowest BCUT2D eigenvalue weighted by molar-refractivity contribution is -0.122. The molecule has 3 aromatic rings. The lowest BCUT2D eigenvalue weighted by Gasteiger charge is -2.05. The molecule has 2 heterocycles. The Balaban J connectivity index is 1.31. The molecule has 2 aromatic heterocycles. The molecule has 1 aromatic carbocycles. The molecule has 0 spiro atoms. The summed E-state index contributed by atoms with van der Waals surface area (Å²) in [4.78, 5) is 12.2. The average molecular weight is 324 g/mol. The van der Waals surface area contributed by atoms with Crippen LogP contribution in [0.15, 0.2) is 48.7 Å². The third-order valence-electron chi connectivity index (χ3n) is 4.46. The smallest absolute Gasteiger partial charge is 0.223 e. The normalized spacial score (nSPS) is 19.4. The number of aromatic nitrogens is 3. The van der Waals surface area contributed by atoms with Crippen molar-refractivity contribution in [3.05, 3.63) is 65.9 Å². The second-order valence-corrected chi connectivity index (χ2v) is 6.09. The van der Waals surface area contributed by atoms with E-state index in [2.05, 4.69) is 15.5 Å². The molecule has 1 aliphatic rings.